The second-order valence-electron chi connectivity index (χ2n) is 3.98. The van der Waals surface area contributed by atoms with E-state index in [0.29, 0.717) is 12.0 Å². The van der Waals surface area contributed by atoms with Crippen molar-refractivity contribution in [1.29, 1.82) is 0 Å². The molecule has 0 aliphatic rings. The fourth-order valence-electron chi connectivity index (χ4n) is 1.87. The summed E-state index contributed by atoms with van der Waals surface area (Å²) >= 11 is 0. The van der Waals surface area contributed by atoms with E-state index in [4.69, 9.17) is 5.73 Å². The van der Waals surface area contributed by atoms with Gasteiger partial charge >= 0.3 is 0 Å². The predicted octanol–water partition coefficient (Wildman–Crippen LogP) is 2.04. The summed E-state index contributed by atoms with van der Waals surface area (Å²) in [6.07, 6.45) is 0.424. The van der Waals surface area contributed by atoms with E-state index >= 15 is 0 Å². The summed E-state index contributed by atoms with van der Waals surface area (Å²) in [5.41, 5.74) is 6.46. The lowest BCUT2D eigenvalue weighted by molar-refractivity contribution is 0.546. The molecule has 1 aromatic rings. The third kappa shape index (κ3) is 3.26. The van der Waals surface area contributed by atoms with Gasteiger partial charge < -0.3 is 5.73 Å². The minimum Gasteiger partial charge on any atom is -0.323 e. The van der Waals surface area contributed by atoms with Gasteiger partial charge in [-0.2, -0.15) is 0 Å². The Morgan fingerprint density at radius 2 is 2.00 bits per heavy atom. The van der Waals surface area contributed by atoms with Crippen LogP contribution in [0.25, 0.3) is 0 Å². The third-order valence-corrected chi connectivity index (χ3v) is 5.25. The molecule has 0 aromatic heterocycles. The maximum absolute atomic E-state index is 13.1. The Labute approximate surface area is 102 Å². The van der Waals surface area contributed by atoms with Gasteiger partial charge in [0.1, 0.15) is 5.82 Å². The molecule has 0 aliphatic heterocycles. The van der Waals surface area contributed by atoms with Crippen LogP contribution in [-0.4, -0.2) is 19.4 Å². The minimum atomic E-state index is -3.22. The number of rotatable bonds is 5. The van der Waals surface area contributed by atoms with Crippen molar-refractivity contribution < 1.29 is 12.8 Å². The Kier molecular flexibility index (Phi) is 4.65. The Balaban J connectivity index is 3.06. The molecule has 3 nitrogen and oxygen atoms in total. The molecule has 2 N–H and O–H groups in total. The lowest BCUT2D eigenvalue weighted by Gasteiger charge is -2.22. The van der Waals surface area contributed by atoms with E-state index in [1.807, 2.05) is 0 Å². The number of sulfone groups is 1. The lowest BCUT2D eigenvalue weighted by Crippen LogP contribution is -2.34. The Morgan fingerprint density at radius 1 is 1.35 bits per heavy atom. The maximum Gasteiger partial charge on any atom is 0.154 e. The fraction of sp³-hybridized carbons (Fsp3) is 0.500. The topological polar surface area (TPSA) is 60.2 Å². The third-order valence-electron chi connectivity index (χ3n) is 2.90. The molecule has 17 heavy (non-hydrogen) atoms. The van der Waals surface area contributed by atoms with Crippen LogP contribution in [0.3, 0.4) is 0 Å². The van der Waals surface area contributed by atoms with Crippen LogP contribution in [0.2, 0.25) is 0 Å². The number of halogens is 1. The monoisotopic (exact) mass is 259 g/mol. The molecule has 0 bridgehead atoms. The highest BCUT2D eigenvalue weighted by atomic mass is 32.2. The quantitative estimate of drug-likeness (QED) is 0.880. The van der Waals surface area contributed by atoms with Crippen LogP contribution < -0.4 is 5.73 Å². The van der Waals surface area contributed by atoms with Crippen LogP contribution >= 0.6 is 0 Å². The highest BCUT2D eigenvalue weighted by molar-refractivity contribution is 7.92. The maximum atomic E-state index is 13.1. The Morgan fingerprint density at radius 3 is 2.47 bits per heavy atom. The van der Waals surface area contributed by atoms with E-state index < -0.39 is 26.9 Å². The Hall–Kier alpha value is -0.940. The van der Waals surface area contributed by atoms with Crippen molar-refractivity contribution in [2.45, 2.75) is 31.6 Å². The highest BCUT2D eigenvalue weighted by Crippen LogP contribution is 2.23. The molecule has 2 atom stereocenters. The van der Waals surface area contributed by atoms with Gasteiger partial charge in [-0.15, -0.1) is 0 Å². The van der Waals surface area contributed by atoms with Gasteiger partial charge in [0, 0.05) is 11.8 Å². The van der Waals surface area contributed by atoms with E-state index in [2.05, 4.69) is 0 Å². The molecule has 0 radical (unpaired) electrons. The van der Waals surface area contributed by atoms with E-state index in [0.717, 1.165) is 0 Å². The van der Waals surface area contributed by atoms with Gasteiger partial charge in [-0.3, -0.25) is 0 Å². The molecule has 0 heterocycles. The van der Waals surface area contributed by atoms with Crippen molar-refractivity contribution in [3.05, 3.63) is 35.6 Å². The van der Waals surface area contributed by atoms with Crippen molar-refractivity contribution in [3.8, 4) is 0 Å². The summed E-state index contributed by atoms with van der Waals surface area (Å²) in [6.45, 7) is 3.37. The first-order chi connectivity index (χ1) is 7.92. The first-order valence-corrected chi connectivity index (χ1v) is 7.36. The summed E-state index contributed by atoms with van der Waals surface area (Å²) in [5.74, 6) is -0.351. The first kappa shape index (κ1) is 14.1. The molecule has 0 saturated carbocycles. The zero-order valence-electron chi connectivity index (χ0n) is 10.1. The molecule has 1 aromatic carbocycles. The molecule has 5 heteroatoms. The van der Waals surface area contributed by atoms with Crippen molar-refractivity contribution in [2.75, 3.05) is 5.75 Å². The van der Waals surface area contributed by atoms with E-state index in [9.17, 15) is 12.8 Å². The van der Waals surface area contributed by atoms with E-state index in [1.54, 1.807) is 19.9 Å². The van der Waals surface area contributed by atoms with Gasteiger partial charge in [0.05, 0.1) is 5.25 Å². The summed E-state index contributed by atoms with van der Waals surface area (Å²) in [4.78, 5) is 0. The number of nitrogens with two attached hydrogens (primary N) is 1. The molecule has 0 unspecified atom stereocenters. The number of benzene rings is 1. The van der Waals surface area contributed by atoms with Crippen LogP contribution in [-0.2, 0) is 9.84 Å². The average Bonchev–Trinajstić information content (AvgIpc) is 2.29. The van der Waals surface area contributed by atoms with Crippen LogP contribution in [0.5, 0.6) is 0 Å². The molecule has 0 amide bonds. The second-order valence-corrected chi connectivity index (χ2v) is 6.49. The van der Waals surface area contributed by atoms with Crippen LogP contribution in [0, 0.1) is 5.82 Å². The fourth-order valence-corrected chi connectivity index (χ4v) is 3.41. The number of hydrogen-bond donors (Lipinski definition) is 1. The highest BCUT2D eigenvalue weighted by Gasteiger charge is 2.29. The van der Waals surface area contributed by atoms with Gasteiger partial charge in [-0.05, 0) is 24.1 Å². The summed E-state index contributed by atoms with van der Waals surface area (Å²) in [5, 5.41) is -0.658. The van der Waals surface area contributed by atoms with Gasteiger partial charge in [-0.1, -0.05) is 26.0 Å². The van der Waals surface area contributed by atoms with Crippen molar-refractivity contribution in [2.24, 2.45) is 5.73 Å². The molecular weight excluding hydrogens is 241 g/mol. The predicted molar refractivity (Wildman–Crippen MR) is 66.9 cm³/mol. The molecule has 1 rings (SSSR count). The number of hydrogen-bond acceptors (Lipinski definition) is 3. The summed E-state index contributed by atoms with van der Waals surface area (Å²) < 4.78 is 36.8. The molecule has 0 spiro atoms. The van der Waals surface area contributed by atoms with Crippen LogP contribution in [0.4, 0.5) is 4.39 Å². The van der Waals surface area contributed by atoms with Crippen molar-refractivity contribution >= 4 is 9.84 Å². The molecule has 96 valence electrons. The largest absolute Gasteiger partial charge is 0.323 e. The first-order valence-electron chi connectivity index (χ1n) is 5.65. The molecule has 0 aliphatic carbocycles. The van der Waals surface area contributed by atoms with Gasteiger partial charge in [0.2, 0.25) is 0 Å². The van der Waals surface area contributed by atoms with Crippen LogP contribution in [0.1, 0.15) is 31.9 Å². The van der Waals surface area contributed by atoms with Gasteiger partial charge in [0.15, 0.2) is 9.84 Å². The smallest absolute Gasteiger partial charge is 0.154 e. The minimum absolute atomic E-state index is 0.0501. The summed E-state index contributed by atoms with van der Waals surface area (Å²) in [6, 6.07) is 5.11. The van der Waals surface area contributed by atoms with E-state index in [1.165, 1.54) is 18.2 Å². The Bertz CT molecular complexity index is 473. The second kappa shape index (κ2) is 5.60. The van der Waals surface area contributed by atoms with E-state index in [-0.39, 0.29) is 5.75 Å². The van der Waals surface area contributed by atoms with Gasteiger partial charge in [-0.25, -0.2) is 12.8 Å². The summed E-state index contributed by atoms with van der Waals surface area (Å²) in [7, 11) is -3.22. The zero-order valence-corrected chi connectivity index (χ0v) is 10.9. The van der Waals surface area contributed by atoms with Crippen molar-refractivity contribution in [1.82, 2.24) is 0 Å². The standard InChI is InChI=1S/C12H18FNO2S/c1-3-11(17(15,16)4-2)12(14)9-6-5-7-10(13)8-9/h5-8,11-12H,3-4,14H2,1-2H3/t11-,12+/m0/s1. The molecular formula is C12H18FNO2S. The normalized spacial score (nSPS) is 15.5. The van der Waals surface area contributed by atoms with Crippen LogP contribution in [0.15, 0.2) is 24.3 Å². The SMILES string of the molecule is CC[C@@H]([C@H](N)c1cccc(F)c1)S(=O)(=O)CC. The van der Waals surface area contributed by atoms with Crippen molar-refractivity contribution in [3.63, 3.8) is 0 Å². The average molecular weight is 259 g/mol. The molecule has 0 fully saturated rings. The van der Waals surface area contributed by atoms with Gasteiger partial charge in [0.25, 0.3) is 0 Å². The zero-order chi connectivity index (χ0) is 13.1. The molecule has 0 saturated heterocycles. The lowest BCUT2D eigenvalue weighted by atomic mass is 10.0.